The summed E-state index contributed by atoms with van der Waals surface area (Å²) in [6.07, 6.45) is 2.24. The summed E-state index contributed by atoms with van der Waals surface area (Å²) < 4.78 is 46.9. The lowest BCUT2D eigenvalue weighted by Gasteiger charge is -2.24. The number of benzene rings is 2. The monoisotopic (exact) mass is 565 g/mol. The molecule has 0 radical (unpaired) electrons. The van der Waals surface area contributed by atoms with Gasteiger partial charge in [0.2, 0.25) is 0 Å². The van der Waals surface area contributed by atoms with Crippen LogP contribution in [-0.2, 0) is 12.8 Å². The van der Waals surface area contributed by atoms with E-state index in [0.717, 1.165) is 30.0 Å². The van der Waals surface area contributed by atoms with E-state index < -0.39 is 23.3 Å². The minimum absolute atomic E-state index is 0.162. The molecule has 2 atom stereocenters. The summed E-state index contributed by atoms with van der Waals surface area (Å²) in [5.41, 5.74) is 1.54. The number of nitrogens with zero attached hydrogens (tertiary/aromatic N) is 2. The maximum atomic E-state index is 13.3. The maximum absolute atomic E-state index is 13.3. The van der Waals surface area contributed by atoms with E-state index in [-0.39, 0.29) is 17.3 Å². The Balaban J connectivity index is 0.000000732. The summed E-state index contributed by atoms with van der Waals surface area (Å²) in [4.78, 5) is 10.8. The molecule has 38 heavy (non-hydrogen) atoms. The van der Waals surface area contributed by atoms with Crippen LogP contribution >= 0.6 is 23.2 Å². The van der Waals surface area contributed by atoms with Gasteiger partial charge in [0.1, 0.15) is 24.7 Å². The lowest BCUT2D eigenvalue weighted by Crippen LogP contribution is -2.24. The third-order valence-electron chi connectivity index (χ3n) is 5.62. The average Bonchev–Trinajstić information content (AvgIpc) is 3.33. The van der Waals surface area contributed by atoms with Crippen molar-refractivity contribution in [1.82, 2.24) is 15.1 Å². The van der Waals surface area contributed by atoms with E-state index >= 15 is 0 Å². The van der Waals surface area contributed by atoms with Gasteiger partial charge >= 0.3 is 6.18 Å². The van der Waals surface area contributed by atoms with Crippen molar-refractivity contribution in [1.29, 1.82) is 0 Å². The first-order valence-electron chi connectivity index (χ1n) is 11.9. The van der Waals surface area contributed by atoms with Crippen LogP contribution in [-0.4, -0.2) is 35.0 Å². The largest absolute Gasteiger partial charge is 0.487 e. The Bertz CT molecular complexity index is 1250. The summed E-state index contributed by atoms with van der Waals surface area (Å²) in [5.74, 6) is 0.470. The number of aldehydes is 1. The van der Waals surface area contributed by atoms with E-state index in [1.165, 1.54) is 11.1 Å². The molecule has 3 aromatic rings. The average molecular weight is 566 g/mol. The molecule has 0 aliphatic heterocycles. The molecule has 1 aromatic heterocycles. The van der Waals surface area contributed by atoms with E-state index in [1.54, 1.807) is 42.5 Å². The van der Waals surface area contributed by atoms with Gasteiger partial charge in [-0.2, -0.15) is 18.3 Å². The molecule has 1 heterocycles. The van der Waals surface area contributed by atoms with E-state index in [2.05, 4.69) is 17.3 Å². The van der Waals surface area contributed by atoms with Crippen molar-refractivity contribution in [3.05, 3.63) is 94.8 Å². The van der Waals surface area contributed by atoms with Crippen molar-refractivity contribution in [2.75, 3.05) is 13.6 Å². The van der Waals surface area contributed by atoms with Crippen LogP contribution in [0, 0.1) is 0 Å². The third kappa shape index (κ3) is 7.72. The van der Waals surface area contributed by atoms with Crippen molar-refractivity contribution in [3.63, 3.8) is 0 Å². The maximum Gasteiger partial charge on any atom is 0.435 e. The molecule has 1 aliphatic carbocycles. The number of carbonyl (C=O) groups is 1. The van der Waals surface area contributed by atoms with Gasteiger partial charge in [-0.05, 0) is 55.4 Å². The predicted octanol–water partition coefficient (Wildman–Crippen LogP) is 7.42. The molecule has 2 aromatic carbocycles. The molecule has 202 valence electrons. The fourth-order valence-corrected chi connectivity index (χ4v) is 4.38. The lowest BCUT2D eigenvalue weighted by molar-refractivity contribution is -0.141. The molecule has 1 N–H and O–H groups in total. The summed E-state index contributed by atoms with van der Waals surface area (Å²) >= 11 is 12.5. The number of carbonyl (C=O) groups excluding carboxylic acids is 1. The van der Waals surface area contributed by atoms with E-state index in [9.17, 15) is 18.0 Å². The molecule has 0 saturated heterocycles. The van der Waals surface area contributed by atoms with Crippen LogP contribution in [0.2, 0.25) is 0 Å². The highest BCUT2D eigenvalue weighted by atomic mass is 35.5. The van der Waals surface area contributed by atoms with Gasteiger partial charge in [-0.15, -0.1) is 11.6 Å². The Morgan fingerprint density at radius 2 is 1.74 bits per heavy atom. The second-order valence-electron chi connectivity index (χ2n) is 8.45. The van der Waals surface area contributed by atoms with Crippen molar-refractivity contribution in [3.8, 4) is 16.9 Å². The van der Waals surface area contributed by atoms with Crippen molar-refractivity contribution in [2.45, 2.75) is 37.5 Å². The van der Waals surface area contributed by atoms with Crippen LogP contribution in [0.25, 0.3) is 11.1 Å². The smallest absolute Gasteiger partial charge is 0.435 e. The molecule has 1 aliphatic rings. The van der Waals surface area contributed by atoms with Gasteiger partial charge in [0.15, 0.2) is 5.69 Å². The minimum atomic E-state index is -4.62. The predicted molar refractivity (Wildman–Crippen MR) is 145 cm³/mol. The Morgan fingerprint density at radius 3 is 2.24 bits per heavy atom. The van der Waals surface area contributed by atoms with Crippen LogP contribution in [0.1, 0.15) is 41.1 Å². The Kier molecular flexibility index (Phi) is 10.6. The third-order valence-corrected chi connectivity index (χ3v) is 6.36. The second-order valence-corrected chi connectivity index (χ2v) is 9.39. The quantitative estimate of drug-likeness (QED) is 0.228. The molecule has 2 unspecified atom stereocenters. The molecular weight excluding hydrogens is 538 g/mol. The standard InChI is InChI=1S/C24H17Cl2F3N2O2.C4H11N/c25-20-2-1-3-21(26)23(20)31-18(12-22(30-31)24(27,28)29)14-33-19-10-8-17(9-11-19)16-6-4-15(13-32)5-7-16;1-3-4-5-2/h1-13,20,23H,14H2;5H,3-4H2,1-2H3. The number of hydrogen-bond donors (Lipinski definition) is 1. The minimum Gasteiger partial charge on any atom is -0.487 e. The summed E-state index contributed by atoms with van der Waals surface area (Å²) in [6, 6.07) is 14.3. The number of aromatic nitrogens is 2. The Labute approximate surface area is 229 Å². The van der Waals surface area contributed by atoms with Crippen LogP contribution in [0.4, 0.5) is 13.2 Å². The zero-order valence-corrected chi connectivity index (χ0v) is 22.4. The van der Waals surface area contributed by atoms with Gasteiger partial charge in [-0.25, -0.2) is 0 Å². The number of ether oxygens (including phenoxy) is 1. The fraction of sp³-hybridized carbons (Fsp3) is 0.286. The zero-order valence-electron chi connectivity index (χ0n) is 20.9. The number of nitrogens with one attached hydrogen (secondary N) is 1. The van der Waals surface area contributed by atoms with E-state index in [1.807, 2.05) is 31.3 Å². The highest BCUT2D eigenvalue weighted by Crippen LogP contribution is 2.36. The lowest BCUT2D eigenvalue weighted by atomic mass is 10.0. The number of halogens is 5. The molecule has 0 fully saturated rings. The van der Waals surface area contributed by atoms with Crippen molar-refractivity contribution >= 4 is 29.5 Å². The summed E-state index contributed by atoms with van der Waals surface area (Å²) in [7, 11) is 1.96. The first-order chi connectivity index (χ1) is 18.2. The number of alkyl halides is 4. The molecular formula is C28H28Cl2F3N3O2. The SMILES string of the molecule is CCCNC.O=Cc1ccc(-c2ccc(OCc3cc(C(F)(F)F)nn3C3C(Cl)=CC=CC3Cl)cc2)cc1. The van der Waals surface area contributed by atoms with Gasteiger partial charge in [0, 0.05) is 10.6 Å². The molecule has 0 saturated carbocycles. The highest BCUT2D eigenvalue weighted by Gasteiger charge is 2.37. The van der Waals surface area contributed by atoms with Gasteiger partial charge < -0.3 is 10.1 Å². The van der Waals surface area contributed by atoms with E-state index in [0.29, 0.717) is 11.3 Å². The molecule has 5 nitrogen and oxygen atoms in total. The fourth-order valence-electron chi connectivity index (χ4n) is 3.69. The Hall–Kier alpha value is -3.07. The number of hydrogen-bond acceptors (Lipinski definition) is 4. The Morgan fingerprint density at radius 1 is 1.11 bits per heavy atom. The first kappa shape index (κ1) is 29.5. The van der Waals surface area contributed by atoms with Crippen LogP contribution in [0.15, 0.2) is 77.9 Å². The highest BCUT2D eigenvalue weighted by molar-refractivity contribution is 6.32. The zero-order chi connectivity index (χ0) is 27.7. The first-order valence-corrected chi connectivity index (χ1v) is 12.8. The van der Waals surface area contributed by atoms with Gasteiger partial charge in [0.05, 0.1) is 11.1 Å². The van der Waals surface area contributed by atoms with Gasteiger partial charge in [0.25, 0.3) is 0 Å². The van der Waals surface area contributed by atoms with Crippen LogP contribution in [0.5, 0.6) is 5.75 Å². The molecule has 0 amide bonds. The van der Waals surface area contributed by atoms with Crippen LogP contribution in [0.3, 0.4) is 0 Å². The topological polar surface area (TPSA) is 56.1 Å². The second kappa shape index (κ2) is 13.6. The summed E-state index contributed by atoms with van der Waals surface area (Å²) in [6.45, 7) is 3.13. The number of allylic oxidation sites excluding steroid dienone is 4. The molecule has 4 rings (SSSR count). The molecule has 10 heteroatoms. The van der Waals surface area contributed by atoms with Gasteiger partial charge in [-0.3, -0.25) is 9.48 Å². The normalized spacial score (nSPS) is 16.9. The number of rotatable bonds is 8. The van der Waals surface area contributed by atoms with Gasteiger partial charge in [-0.1, -0.05) is 67.1 Å². The van der Waals surface area contributed by atoms with Crippen molar-refractivity contribution < 1.29 is 22.7 Å². The molecule has 0 spiro atoms. The molecule has 0 bridgehead atoms. The van der Waals surface area contributed by atoms with Crippen LogP contribution < -0.4 is 10.1 Å². The summed E-state index contributed by atoms with van der Waals surface area (Å²) in [5, 5.41) is 6.36. The van der Waals surface area contributed by atoms with E-state index in [4.69, 9.17) is 27.9 Å². The van der Waals surface area contributed by atoms with Crippen molar-refractivity contribution in [2.24, 2.45) is 0 Å².